The number of ether oxygens (including phenoxy) is 2. The van der Waals surface area contributed by atoms with Gasteiger partial charge in [-0.25, -0.2) is 9.59 Å². The van der Waals surface area contributed by atoms with E-state index in [2.05, 4.69) is 9.88 Å². The number of alkyl halides is 6. The Morgan fingerprint density at radius 1 is 1.08 bits per heavy atom. The van der Waals surface area contributed by atoms with Crippen molar-refractivity contribution in [2.45, 2.75) is 44.5 Å². The number of halogens is 6. The molecule has 2 N–H and O–H groups in total. The van der Waals surface area contributed by atoms with Crippen LogP contribution in [0.15, 0.2) is 24.5 Å². The van der Waals surface area contributed by atoms with Gasteiger partial charge in [0.05, 0.1) is 12.8 Å². The second-order valence-corrected chi connectivity index (χ2v) is 9.28. The van der Waals surface area contributed by atoms with Gasteiger partial charge >= 0.3 is 24.3 Å². The molecule has 3 heterocycles. The van der Waals surface area contributed by atoms with Crippen molar-refractivity contribution >= 4 is 11.9 Å². The van der Waals surface area contributed by atoms with Gasteiger partial charge in [-0.3, -0.25) is 4.98 Å². The lowest BCUT2D eigenvalue weighted by atomic mass is 9.81. The van der Waals surface area contributed by atoms with Gasteiger partial charge in [-0.15, -0.1) is 0 Å². The van der Waals surface area contributed by atoms with Crippen molar-refractivity contribution < 1.29 is 55.6 Å². The summed E-state index contributed by atoms with van der Waals surface area (Å²) in [7, 11) is 0. The molecule has 0 aromatic carbocycles. The third kappa shape index (κ3) is 9.99. The molecule has 0 bridgehead atoms. The molecule has 0 amide bonds. The number of carboxylic acids is 2. The van der Waals surface area contributed by atoms with Crippen molar-refractivity contribution in [1.29, 1.82) is 0 Å². The van der Waals surface area contributed by atoms with Crippen LogP contribution in [0.5, 0.6) is 5.75 Å². The summed E-state index contributed by atoms with van der Waals surface area (Å²) in [5.74, 6) is -2.95. The number of pyridine rings is 1. The monoisotopic (exact) mass is 544 g/mol. The fourth-order valence-corrected chi connectivity index (χ4v) is 4.85. The van der Waals surface area contributed by atoms with E-state index >= 15 is 0 Å². The summed E-state index contributed by atoms with van der Waals surface area (Å²) >= 11 is 0. The maximum Gasteiger partial charge on any atom is 0.490 e. The molecule has 14 heteroatoms. The fraction of sp³-hybridized carbons (Fsp3) is 0.696. The van der Waals surface area contributed by atoms with Gasteiger partial charge in [0.25, 0.3) is 0 Å². The molecule has 37 heavy (non-hydrogen) atoms. The zero-order chi connectivity index (χ0) is 27.7. The number of rotatable bonds is 5. The van der Waals surface area contributed by atoms with Crippen molar-refractivity contribution in [3.63, 3.8) is 0 Å². The topological polar surface area (TPSA) is 109 Å². The number of fused-ring (bicyclic) bond motifs is 1. The average molecular weight is 544 g/mol. The predicted molar refractivity (Wildman–Crippen MR) is 117 cm³/mol. The molecule has 3 fully saturated rings. The van der Waals surface area contributed by atoms with Crippen LogP contribution in [0, 0.1) is 17.3 Å². The van der Waals surface area contributed by atoms with Crippen LogP contribution in [-0.4, -0.2) is 83.8 Å². The SMILES string of the molecule is O=C(O)C(F)(F)F.O=C(O)C(F)(F)F.c1cncc(OC[C@@]23CCC[C@@H]2CN(CC2CCOCC2)C3)c1. The van der Waals surface area contributed by atoms with E-state index in [1.54, 1.807) is 6.20 Å². The Hall–Kier alpha value is -2.61. The molecular formula is C23H30F6N2O6. The molecule has 4 rings (SSSR count). The molecule has 2 atom stereocenters. The second-order valence-electron chi connectivity index (χ2n) is 9.28. The predicted octanol–water partition coefficient (Wildman–Crippen LogP) is 4.26. The molecule has 1 saturated carbocycles. The highest BCUT2D eigenvalue weighted by Gasteiger charge is 2.50. The Labute approximate surface area is 209 Å². The number of hydrogen-bond donors (Lipinski definition) is 2. The standard InChI is InChI=1S/C19H28N2O2.2C2HF3O2/c1-3-17-13-21(12-16-5-9-22-10-6-16)14-19(17,7-1)15-23-18-4-2-8-20-11-18;2*3-2(4,5)1(6)7/h2,4,8,11,16-17H,1,3,5-7,9-10,12-15H2;2*(H,6,7)/t17-,19+;;/m1../s1. The van der Waals surface area contributed by atoms with Crippen LogP contribution in [0.25, 0.3) is 0 Å². The van der Waals surface area contributed by atoms with Gasteiger partial charge in [0.15, 0.2) is 0 Å². The highest BCUT2D eigenvalue weighted by molar-refractivity contribution is 5.73. The van der Waals surface area contributed by atoms with Crippen LogP contribution in [0.1, 0.15) is 32.1 Å². The molecule has 0 unspecified atom stereocenters. The molecule has 2 aliphatic heterocycles. The molecule has 1 aromatic heterocycles. The van der Waals surface area contributed by atoms with Gasteiger partial charge in [-0.2, -0.15) is 26.3 Å². The Morgan fingerprint density at radius 3 is 2.19 bits per heavy atom. The van der Waals surface area contributed by atoms with E-state index in [1.807, 2.05) is 18.3 Å². The van der Waals surface area contributed by atoms with Crippen LogP contribution in [0.2, 0.25) is 0 Å². The highest BCUT2D eigenvalue weighted by Crippen LogP contribution is 2.49. The molecule has 2 saturated heterocycles. The van der Waals surface area contributed by atoms with Crippen LogP contribution in [-0.2, 0) is 14.3 Å². The van der Waals surface area contributed by atoms with Crippen molar-refractivity contribution in [3.8, 4) is 5.75 Å². The van der Waals surface area contributed by atoms with Crippen molar-refractivity contribution in [2.24, 2.45) is 17.3 Å². The zero-order valence-corrected chi connectivity index (χ0v) is 19.9. The minimum Gasteiger partial charge on any atom is -0.491 e. The summed E-state index contributed by atoms with van der Waals surface area (Å²) in [6, 6.07) is 3.97. The quantitative estimate of drug-likeness (QED) is 0.530. The Balaban J connectivity index is 0.000000286. The first-order chi connectivity index (χ1) is 17.2. The molecule has 3 aliphatic rings. The molecule has 0 spiro atoms. The van der Waals surface area contributed by atoms with E-state index in [1.165, 1.54) is 51.7 Å². The first-order valence-corrected chi connectivity index (χ1v) is 11.7. The van der Waals surface area contributed by atoms with E-state index in [-0.39, 0.29) is 0 Å². The van der Waals surface area contributed by atoms with E-state index in [9.17, 15) is 26.3 Å². The van der Waals surface area contributed by atoms with E-state index in [4.69, 9.17) is 29.3 Å². The maximum atomic E-state index is 10.6. The minimum absolute atomic E-state index is 0.376. The van der Waals surface area contributed by atoms with Gasteiger partial charge in [0.2, 0.25) is 0 Å². The van der Waals surface area contributed by atoms with Crippen LogP contribution >= 0.6 is 0 Å². The lowest BCUT2D eigenvalue weighted by Gasteiger charge is -2.30. The molecule has 0 radical (unpaired) electrons. The molecular weight excluding hydrogens is 514 g/mol. The summed E-state index contributed by atoms with van der Waals surface area (Å²) in [4.78, 5) is 24.7. The van der Waals surface area contributed by atoms with Gasteiger partial charge in [0.1, 0.15) is 5.75 Å². The number of hydrogen-bond acceptors (Lipinski definition) is 6. The summed E-state index contributed by atoms with van der Waals surface area (Å²) in [5, 5.41) is 14.2. The summed E-state index contributed by atoms with van der Waals surface area (Å²) in [6.07, 6.45) is -0.000182. The Kier molecular flexibility index (Phi) is 11.0. The first-order valence-electron chi connectivity index (χ1n) is 11.7. The number of carboxylic acid groups (broad SMARTS) is 2. The largest absolute Gasteiger partial charge is 0.491 e. The van der Waals surface area contributed by atoms with Gasteiger partial charge in [-0.1, -0.05) is 6.42 Å². The number of nitrogens with zero attached hydrogens (tertiary/aromatic N) is 2. The lowest BCUT2D eigenvalue weighted by molar-refractivity contribution is -0.193. The van der Waals surface area contributed by atoms with Crippen LogP contribution in [0.4, 0.5) is 26.3 Å². The van der Waals surface area contributed by atoms with Crippen molar-refractivity contribution in [1.82, 2.24) is 9.88 Å². The normalized spacial score (nSPS) is 24.2. The van der Waals surface area contributed by atoms with Gasteiger partial charge in [0, 0.05) is 44.5 Å². The molecule has 8 nitrogen and oxygen atoms in total. The Morgan fingerprint density at radius 2 is 1.68 bits per heavy atom. The van der Waals surface area contributed by atoms with Crippen LogP contribution < -0.4 is 4.74 Å². The van der Waals surface area contributed by atoms with Crippen molar-refractivity contribution in [2.75, 3.05) is 39.5 Å². The highest BCUT2D eigenvalue weighted by atomic mass is 19.4. The lowest BCUT2D eigenvalue weighted by Crippen LogP contribution is -2.36. The summed E-state index contributed by atoms with van der Waals surface area (Å²) in [6.45, 7) is 6.51. The third-order valence-electron chi connectivity index (χ3n) is 6.61. The first kappa shape index (κ1) is 30.6. The number of aliphatic carboxylic acids is 2. The average Bonchev–Trinajstić information content (AvgIpc) is 3.35. The number of likely N-dealkylation sites (tertiary alicyclic amines) is 1. The van der Waals surface area contributed by atoms with Crippen molar-refractivity contribution in [3.05, 3.63) is 24.5 Å². The molecule has 1 aromatic rings. The maximum absolute atomic E-state index is 10.6. The van der Waals surface area contributed by atoms with E-state index in [0.717, 1.165) is 37.4 Å². The molecule has 210 valence electrons. The van der Waals surface area contributed by atoms with Gasteiger partial charge < -0.3 is 24.6 Å². The molecule has 1 aliphatic carbocycles. The van der Waals surface area contributed by atoms with E-state index < -0.39 is 24.3 Å². The third-order valence-corrected chi connectivity index (χ3v) is 6.61. The van der Waals surface area contributed by atoms with Crippen LogP contribution in [0.3, 0.4) is 0 Å². The number of carbonyl (C=O) groups is 2. The minimum atomic E-state index is -5.08. The second kappa shape index (κ2) is 13.3. The Bertz CT molecular complexity index is 840. The summed E-state index contributed by atoms with van der Waals surface area (Å²) < 4.78 is 75.1. The summed E-state index contributed by atoms with van der Waals surface area (Å²) in [5.41, 5.74) is 0.376. The fourth-order valence-electron chi connectivity index (χ4n) is 4.85. The van der Waals surface area contributed by atoms with Gasteiger partial charge in [-0.05, 0) is 49.7 Å². The number of aromatic nitrogens is 1. The zero-order valence-electron chi connectivity index (χ0n) is 19.9. The smallest absolute Gasteiger partial charge is 0.490 e. The van der Waals surface area contributed by atoms with E-state index in [0.29, 0.717) is 5.41 Å².